The first-order valence-electron chi connectivity index (χ1n) is 15.9. The Balaban J connectivity index is 1.28. The Morgan fingerprint density at radius 2 is 0.936 bits per heavy atom. The van der Waals surface area contributed by atoms with Crippen LogP contribution in [-0.2, 0) is 0 Å². The van der Waals surface area contributed by atoms with Gasteiger partial charge in [0.05, 0.1) is 11.4 Å². The topological polar surface area (TPSA) is 29.5 Å². The Morgan fingerprint density at radius 3 is 1.72 bits per heavy atom. The number of benzene rings is 8. The molecule has 3 heteroatoms. The number of fused-ring (bicyclic) bond motifs is 9. The molecule has 0 aliphatic rings. The molecular weight excluding hydrogens is 574 g/mol. The quantitative estimate of drug-likeness (QED) is 0.188. The van der Waals surface area contributed by atoms with Gasteiger partial charge in [-0.25, -0.2) is 0 Å². The highest BCUT2D eigenvalue weighted by Crippen LogP contribution is 2.47. The molecule has 0 amide bonds. The van der Waals surface area contributed by atoms with Crippen molar-refractivity contribution >= 4 is 82.5 Å². The van der Waals surface area contributed by atoms with Gasteiger partial charge >= 0.3 is 0 Å². The Labute approximate surface area is 270 Å². The molecule has 2 aromatic heterocycles. The van der Waals surface area contributed by atoms with E-state index in [1.165, 1.54) is 21.5 Å². The number of hydrogen-bond acceptors (Lipinski definition) is 3. The number of para-hydroxylation sites is 4. The van der Waals surface area contributed by atoms with Gasteiger partial charge in [-0.1, -0.05) is 127 Å². The van der Waals surface area contributed by atoms with E-state index in [-0.39, 0.29) is 0 Å². The Morgan fingerprint density at radius 1 is 0.362 bits per heavy atom. The second-order valence-electron chi connectivity index (χ2n) is 12.1. The van der Waals surface area contributed by atoms with Crippen molar-refractivity contribution in [1.29, 1.82) is 0 Å². The second kappa shape index (κ2) is 10.1. The van der Waals surface area contributed by atoms with Crippen molar-refractivity contribution in [3.63, 3.8) is 0 Å². The normalized spacial score (nSPS) is 11.8. The first-order valence-corrected chi connectivity index (χ1v) is 15.9. The van der Waals surface area contributed by atoms with Gasteiger partial charge in [-0.15, -0.1) is 0 Å². The van der Waals surface area contributed by atoms with E-state index >= 15 is 0 Å². The Hall–Kier alpha value is -6.32. The predicted molar refractivity (Wildman–Crippen MR) is 196 cm³/mol. The van der Waals surface area contributed by atoms with E-state index in [9.17, 15) is 0 Å². The highest BCUT2D eigenvalue weighted by molar-refractivity contribution is 6.17. The molecule has 0 N–H and O–H groups in total. The Bertz CT molecular complexity index is 2820. The van der Waals surface area contributed by atoms with Crippen molar-refractivity contribution in [2.75, 3.05) is 4.90 Å². The lowest BCUT2D eigenvalue weighted by Crippen LogP contribution is -2.11. The summed E-state index contributed by atoms with van der Waals surface area (Å²) in [5.41, 5.74) is 8.78. The molecule has 3 nitrogen and oxygen atoms in total. The van der Waals surface area contributed by atoms with Gasteiger partial charge in [0.2, 0.25) is 0 Å². The van der Waals surface area contributed by atoms with E-state index in [4.69, 9.17) is 8.83 Å². The number of hydrogen-bond donors (Lipinski definition) is 0. The SMILES string of the molecule is c1cc(-c2cccc3c2oc2ccccc23)cc(N(c2cc3ccccc3c3ccccc23)c2cccc3c2oc2ccccc23)c1. The maximum atomic E-state index is 6.66. The van der Waals surface area contributed by atoms with Crippen LogP contribution in [-0.4, -0.2) is 0 Å². The molecule has 2 heterocycles. The van der Waals surface area contributed by atoms with Crippen LogP contribution >= 0.6 is 0 Å². The highest BCUT2D eigenvalue weighted by Gasteiger charge is 2.22. The van der Waals surface area contributed by atoms with Gasteiger partial charge in [0.25, 0.3) is 0 Å². The summed E-state index contributed by atoms with van der Waals surface area (Å²) >= 11 is 0. The van der Waals surface area contributed by atoms with E-state index in [0.717, 1.165) is 72.1 Å². The summed E-state index contributed by atoms with van der Waals surface area (Å²) in [6, 6.07) is 57.8. The van der Waals surface area contributed by atoms with Gasteiger partial charge in [-0.2, -0.15) is 0 Å². The van der Waals surface area contributed by atoms with E-state index < -0.39 is 0 Å². The van der Waals surface area contributed by atoms with Crippen LogP contribution in [0.2, 0.25) is 0 Å². The van der Waals surface area contributed by atoms with Gasteiger partial charge in [0.15, 0.2) is 5.58 Å². The van der Waals surface area contributed by atoms with Gasteiger partial charge in [-0.05, 0) is 58.1 Å². The smallest absolute Gasteiger partial charge is 0.159 e. The van der Waals surface area contributed by atoms with Crippen LogP contribution in [0.3, 0.4) is 0 Å². The van der Waals surface area contributed by atoms with Crippen molar-refractivity contribution in [3.05, 3.63) is 164 Å². The molecule has 0 radical (unpaired) electrons. The van der Waals surface area contributed by atoms with E-state index in [1.807, 2.05) is 24.3 Å². The minimum Gasteiger partial charge on any atom is -0.455 e. The summed E-state index contributed by atoms with van der Waals surface area (Å²) in [6.45, 7) is 0. The van der Waals surface area contributed by atoms with Crippen LogP contribution in [0.5, 0.6) is 0 Å². The van der Waals surface area contributed by atoms with Crippen LogP contribution in [0.4, 0.5) is 17.1 Å². The zero-order valence-electron chi connectivity index (χ0n) is 25.4. The van der Waals surface area contributed by atoms with Crippen LogP contribution in [0.15, 0.2) is 173 Å². The van der Waals surface area contributed by atoms with Crippen molar-refractivity contribution in [2.24, 2.45) is 0 Å². The molecule has 10 rings (SSSR count). The zero-order valence-corrected chi connectivity index (χ0v) is 25.4. The van der Waals surface area contributed by atoms with Crippen molar-refractivity contribution in [1.82, 2.24) is 0 Å². The number of nitrogens with zero attached hydrogens (tertiary/aromatic N) is 1. The molecule has 220 valence electrons. The lowest BCUT2D eigenvalue weighted by atomic mass is 9.98. The summed E-state index contributed by atoms with van der Waals surface area (Å²) in [7, 11) is 0. The third-order valence-electron chi connectivity index (χ3n) is 9.43. The summed E-state index contributed by atoms with van der Waals surface area (Å²) in [4.78, 5) is 2.36. The van der Waals surface area contributed by atoms with E-state index in [0.29, 0.717) is 0 Å². The molecule has 0 atom stereocenters. The molecule has 10 aromatic rings. The number of anilines is 3. The molecule has 0 unspecified atom stereocenters. The zero-order chi connectivity index (χ0) is 30.9. The fraction of sp³-hybridized carbons (Fsp3) is 0. The maximum Gasteiger partial charge on any atom is 0.159 e. The maximum absolute atomic E-state index is 6.66. The summed E-state index contributed by atoms with van der Waals surface area (Å²) in [5, 5.41) is 9.25. The monoisotopic (exact) mass is 601 g/mol. The van der Waals surface area contributed by atoms with Gasteiger partial charge in [0, 0.05) is 38.2 Å². The van der Waals surface area contributed by atoms with Crippen LogP contribution in [0.1, 0.15) is 0 Å². The van der Waals surface area contributed by atoms with Crippen molar-refractivity contribution < 1.29 is 8.83 Å². The lowest BCUT2D eigenvalue weighted by Gasteiger charge is -2.28. The molecule has 0 spiro atoms. The number of rotatable bonds is 4. The summed E-state index contributed by atoms with van der Waals surface area (Å²) in [6.07, 6.45) is 0. The minimum atomic E-state index is 0.857. The Kier molecular flexibility index (Phi) is 5.57. The van der Waals surface area contributed by atoms with Gasteiger partial charge in [0.1, 0.15) is 16.7 Å². The predicted octanol–water partition coefficient (Wildman–Crippen LogP) is 12.9. The molecule has 8 aromatic carbocycles. The largest absolute Gasteiger partial charge is 0.455 e. The molecule has 0 aliphatic carbocycles. The van der Waals surface area contributed by atoms with Crippen LogP contribution in [0, 0.1) is 0 Å². The van der Waals surface area contributed by atoms with Crippen LogP contribution in [0.25, 0.3) is 76.5 Å². The third kappa shape index (κ3) is 3.93. The lowest BCUT2D eigenvalue weighted by molar-refractivity contribution is 0.669. The molecule has 0 bridgehead atoms. The first-order chi connectivity index (χ1) is 23.3. The molecule has 0 aliphatic heterocycles. The minimum absolute atomic E-state index is 0.857. The molecule has 47 heavy (non-hydrogen) atoms. The summed E-state index contributed by atoms with van der Waals surface area (Å²) < 4.78 is 13.1. The van der Waals surface area contributed by atoms with E-state index in [1.54, 1.807) is 0 Å². The van der Waals surface area contributed by atoms with Gasteiger partial charge in [-0.3, -0.25) is 0 Å². The third-order valence-corrected chi connectivity index (χ3v) is 9.43. The van der Waals surface area contributed by atoms with Crippen molar-refractivity contribution in [2.45, 2.75) is 0 Å². The fourth-order valence-corrected chi connectivity index (χ4v) is 7.32. The summed E-state index contributed by atoms with van der Waals surface area (Å²) in [5.74, 6) is 0. The number of furan rings is 2. The second-order valence-corrected chi connectivity index (χ2v) is 12.1. The fourth-order valence-electron chi connectivity index (χ4n) is 7.32. The molecule has 0 saturated heterocycles. The highest BCUT2D eigenvalue weighted by atomic mass is 16.3. The average Bonchev–Trinajstić information content (AvgIpc) is 3.71. The standard InChI is InChI=1S/C44H27NO2/c1-2-15-31-29(12-1)27-40(34-17-4-3-16-33(31)34)45(39-23-11-22-38-36-19-6-8-25-42(36)47-44(38)39)30-14-9-13-28(26-30)32-20-10-21-37-35-18-5-7-24-41(35)46-43(32)37/h1-27H. The van der Waals surface area contributed by atoms with E-state index in [2.05, 4.69) is 144 Å². The van der Waals surface area contributed by atoms with Crippen LogP contribution < -0.4 is 4.90 Å². The van der Waals surface area contributed by atoms with Crippen molar-refractivity contribution in [3.8, 4) is 11.1 Å². The molecule has 0 saturated carbocycles. The first kappa shape index (κ1) is 26.0. The molecule has 0 fully saturated rings. The molecular formula is C44H27NO2. The average molecular weight is 602 g/mol. The van der Waals surface area contributed by atoms with Gasteiger partial charge < -0.3 is 13.7 Å².